The summed E-state index contributed by atoms with van der Waals surface area (Å²) in [5, 5.41) is 9.34. The first kappa shape index (κ1) is 23.3. The fourth-order valence-electron chi connectivity index (χ4n) is 4.16. The molecule has 1 aromatic carbocycles. The lowest BCUT2D eigenvalue weighted by molar-refractivity contribution is 0.0281. The minimum absolute atomic E-state index is 0.0871. The van der Waals surface area contributed by atoms with E-state index in [1.807, 2.05) is 0 Å². The molecule has 0 radical (unpaired) electrons. The van der Waals surface area contributed by atoms with Crippen molar-refractivity contribution >= 4 is 17.6 Å². The number of carbonyl (C=O) groups excluding carboxylic acids is 2. The van der Waals surface area contributed by atoms with Crippen LogP contribution in [0.25, 0.3) is 0 Å². The Kier molecular flexibility index (Phi) is 8.15. The molecule has 1 aromatic rings. The van der Waals surface area contributed by atoms with E-state index in [0.717, 1.165) is 32.2 Å². The van der Waals surface area contributed by atoms with Crippen LogP contribution < -0.4 is 20.7 Å². The lowest BCUT2D eigenvalue weighted by atomic mass is 10.0. The first-order valence-electron chi connectivity index (χ1n) is 11.2. The Morgan fingerprint density at radius 2 is 2.00 bits per heavy atom. The lowest BCUT2D eigenvalue weighted by Crippen LogP contribution is -2.44. The minimum Gasteiger partial charge on any atom is -0.491 e. The van der Waals surface area contributed by atoms with Gasteiger partial charge in [0.15, 0.2) is 0 Å². The van der Waals surface area contributed by atoms with E-state index < -0.39 is 0 Å². The zero-order valence-corrected chi connectivity index (χ0v) is 19.1. The van der Waals surface area contributed by atoms with Crippen LogP contribution in [0.1, 0.15) is 49.9 Å². The summed E-state index contributed by atoms with van der Waals surface area (Å²) in [5.74, 6) is 0.578. The number of carbonyl (C=O) groups is 2. The number of hydrogen-bond donors (Lipinski definition) is 3. The number of ether oxygens (including phenoxy) is 2. The second-order valence-corrected chi connectivity index (χ2v) is 8.85. The van der Waals surface area contributed by atoms with E-state index >= 15 is 0 Å². The number of nitrogens with one attached hydrogen (secondary N) is 3. The number of fused-ring (bicyclic) bond motifs is 1. The minimum atomic E-state index is -0.243. The van der Waals surface area contributed by atoms with Gasteiger partial charge in [-0.3, -0.25) is 4.79 Å². The molecule has 3 rings (SSSR count). The highest BCUT2D eigenvalue weighted by Crippen LogP contribution is 2.26. The van der Waals surface area contributed by atoms with Gasteiger partial charge < -0.3 is 30.3 Å². The number of anilines is 1. The second kappa shape index (κ2) is 10.8. The van der Waals surface area contributed by atoms with Crippen molar-refractivity contribution < 1.29 is 19.1 Å². The van der Waals surface area contributed by atoms with Gasteiger partial charge in [-0.15, -0.1) is 0 Å². The summed E-state index contributed by atoms with van der Waals surface area (Å²) >= 11 is 0. The quantitative estimate of drug-likeness (QED) is 0.683. The second-order valence-electron chi connectivity index (χ2n) is 8.85. The van der Waals surface area contributed by atoms with Crippen LogP contribution in [-0.4, -0.2) is 68.9 Å². The van der Waals surface area contributed by atoms with Gasteiger partial charge in [-0.05, 0) is 43.9 Å². The van der Waals surface area contributed by atoms with E-state index in [1.54, 1.807) is 37.3 Å². The average molecular weight is 433 g/mol. The fraction of sp³-hybridized carbons (Fsp3) is 0.652. The largest absolute Gasteiger partial charge is 0.491 e. The van der Waals surface area contributed by atoms with E-state index in [9.17, 15) is 9.59 Å². The molecule has 3 N–H and O–H groups in total. The normalized spacial score (nSPS) is 25.7. The molecule has 1 aliphatic heterocycles. The lowest BCUT2D eigenvalue weighted by Gasteiger charge is -2.30. The van der Waals surface area contributed by atoms with Gasteiger partial charge in [0.05, 0.1) is 11.7 Å². The van der Waals surface area contributed by atoms with E-state index in [4.69, 9.17) is 9.47 Å². The maximum absolute atomic E-state index is 13.3. The molecule has 1 heterocycles. The van der Waals surface area contributed by atoms with Crippen molar-refractivity contribution in [3.63, 3.8) is 0 Å². The molecule has 3 amide bonds. The fourth-order valence-corrected chi connectivity index (χ4v) is 4.16. The van der Waals surface area contributed by atoms with Gasteiger partial charge in [0.25, 0.3) is 5.91 Å². The highest BCUT2D eigenvalue weighted by atomic mass is 16.5. The number of urea groups is 1. The summed E-state index contributed by atoms with van der Waals surface area (Å²) in [7, 11) is 3.44. The van der Waals surface area contributed by atoms with Crippen molar-refractivity contribution in [1.29, 1.82) is 0 Å². The number of likely N-dealkylation sites (N-methyl/N-ethyl adjacent to an activating group) is 1. The molecule has 8 heteroatoms. The predicted octanol–water partition coefficient (Wildman–Crippen LogP) is 2.84. The van der Waals surface area contributed by atoms with E-state index in [1.165, 1.54) is 0 Å². The molecule has 0 aromatic heterocycles. The number of rotatable bonds is 3. The van der Waals surface area contributed by atoms with Gasteiger partial charge in [0, 0.05) is 45.0 Å². The maximum atomic E-state index is 13.3. The molecule has 0 unspecified atom stereocenters. The first-order chi connectivity index (χ1) is 14.9. The number of nitrogens with zero attached hydrogens (tertiary/aromatic N) is 1. The van der Waals surface area contributed by atoms with Crippen LogP contribution in [0.5, 0.6) is 5.75 Å². The van der Waals surface area contributed by atoms with Gasteiger partial charge in [-0.1, -0.05) is 19.8 Å². The molecule has 172 valence electrons. The molecule has 2 aliphatic rings. The summed E-state index contributed by atoms with van der Waals surface area (Å²) in [6, 6.07) is 5.31. The van der Waals surface area contributed by atoms with Crippen LogP contribution in [0.2, 0.25) is 0 Å². The summed E-state index contributed by atoms with van der Waals surface area (Å²) in [5.41, 5.74) is 0.992. The van der Waals surface area contributed by atoms with Gasteiger partial charge in [0.1, 0.15) is 12.4 Å². The SMILES string of the molecule is CO[C@H]1CN(C)C(=O)c2cc(NC(=O)NC3CCCC3)ccc2OC[C@H](C)NC[C@H]1C. The number of benzene rings is 1. The topological polar surface area (TPSA) is 91.9 Å². The highest BCUT2D eigenvalue weighted by molar-refractivity contribution is 5.99. The molecule has 3 atom stereocenters. The number of hydrogen-bond acceptors (Lipinski definition) is 5. The summed E-state index contributed by atoms with van der Waals surface area (Å²) in [6.45, 7) is 5.83. The van der Waals surface area contributed by atoms with Gasteiger partial charge in [0.2, 0.25) is 0 Å². The number of methoxy groups -OCH3 is 1. The molecule has 0 bridgehead atoms. The standard InChI is InChI=1S/C23H36N4O4/c1-15-12-24-16(2)14-31-20-10-9-18(26-23(29)25-17-7-5-6-8-17)11-19(20)22(28)27(3)13-21(15)30-4/h9-11,15-17,21,24H,5-8,12-14H2,1-4H3,(H2,25,26,29)/t15-,16+,21+/m1/s1. The van der Waals surface area contributed by atoms with Crippen LogP contribution in [0.3, 0.4) is 0 Å². The van der Waals surface area contributed by atoms with Gasteiger partial charge in [-0.2, -0.15) is 0 Å². The Balaban J connectivity index is 1.80. The van der Waals surface area contributed by atoms with E-state index in [2.05, 4.69) is 29.8 Å². The predicted molar refractivity (Wildman–Crippen MR) is 121 cm³/mol. The molecule has 31 heavy (non-hydrogen) atoms. The third-order valence-corrected chi connectivity index (χ3v) is 6.17. The van der Waals surface area contributed by atoms with Crippen molar-refractivity contribution in [2.45, 2.75) is 57.7 Å². The van der Waals surface area contributed by atoms with E-state index in [0.29, 0.717) is 30.2 Å². The van der Waals surface area contributed by atoms with Crippen molar-refractivity contribution in [1.82, 2.24) is 15.5 Å². The Bertz CT molecular complexity index is 766. The van der Waals surface area contributed by atoms with Gasteiger partial charge >= 0.3 is 6.03 Å². The molecule has 1 saturated carbocycles. The summed E-state index contributed by atoms with van der Waals surface area (Å²) < 4.78 is 11.6. The molecule has 1 fully saturated rings. The Morgan fingerprint density at radius 1 is 1.26 bits per heavy atom. The van der Waals surface area contributed by atoms with Crippen molar-refractivity contribution in [2.75, 3.05) is 39.2 Å². The highest BCUT2D eigenvalue weighted by Gasteiger charge is 2.26. The van der Waals surface area contributed by atoms with Crippen molar-refractivity contribution in [3.05, 3.63) is 23.8 Å². The Morgan fingerprint density at radius 3 is 2.71 bits per heavy atom. The van der Waals surface area contributed by atoms with Crippen molar-refractivity contribution in [2.24, 2.45) is 5.92 Å². The summed E-state index contributed by atoms with van der Waals surface area (Å²) in [4.78, 5) is 27.3. The number of amides is 3. The smallest absolute Gasteiger partial charge is 0.319 e. The summed E-state index contributed by atoms with van der Waals surface area (Å²) in [6.07, 6.45) is 4.24. The Hall–Kier alpha value is -2.32. The third kappa shape index (κ3) is 6.33. The van der Waals surface area contributed by atoms with Crippen LogP contribution in [0, 0.1) is 5.92 Å². The van der Waals surface area contributed by atoms with Crippen molar-refractivity contribution in [3.8, 4) is 5.75 Å². The maximum Gasteiger partial charge on any atom is 0.319 e. The molecule has 0 spiro atoms. The molecule has 0 saturated heterocycles. The van der Waals surface area contributed by atoms with E-state index in [-0.39, 0.29) is 36.0 Å². The zero-order chi connectivity index (χ0) is 22.4. The zero-order valence-electron chi connectivity index (χ0n) is 19.1. The average Bonchev–Trinajstić information content (AvgIpc) is 3.26. The first-order valence-corrected chi connectivity index (χ1v) is 11.2. The van der Waals surface area contributed by atoms with Crippen LogP contribution in [-0.2, 0) is 4.74 Å². The molecular formula is C23H36N4O4. The molecular weight excluding hydrogens is 396 g/mol. The van der Waals surface area contributed by atoms with Crippen LogP contribution >= 0.6 is 0 Å². The Labute approximate surface area is 185 Å². The molecule has 8 nitrogen and oxygen atoms in total. The monoisotopic (exact) mass is 432 g/mol. The van der Waals surface area contributed by atoms with Crippen LogP contribution in [0.15, 0.2) is 18.2 Å². The van der Waals surface area contributed by atoms with Gasteiger partial charge in [-0.25, -0.2) is 4.79 Å². The molecule has 1 aliphatic carbocycles. The third-order valence-electron chi connectivity index (χ3n) is 6.17. The van der Waals surface area contributed by atoms with Crippen LogP contribution in [0.4, 0.5) is 10.5 Å².